The van der Waals surface area contributed by atoms with Crippen molar-refractivity contribution in [1.29, 1.82) is 0 Å². The minimum Gasteiger partial charge on any atom is -0.330 e. The molecule has 0 rings (SSSR count). The highest BCUT2D eigenvalue weighted by Gasteiger charge is 2.07. The summed E-state index contributed by atoms with van der Waals surface area (Å²) in [5.41, 5.74) is 5.54. The average Bonchev–Trinajstić information content (AvgIpc) is 2.35. The first-order chi connectivity index (χ1) is 8.35. The maximum atomic E-state index is 5.54. The minimum atomic E-state index is 0.871. The summed E-state index contributed by atoms with van der Waals surface area (Å²) in [5.74, 6) is 1.00. The van der Waals surface area contributed by atoms with Crippen LogP contribution < -0.4 is 5.73 Å². The lowest BCUT2D eigenvalue weighted by molar-refractivity contribution is 0.373. The molecule has 104 valence electrons. The molecule has 1 atom stereocenters. The molecule has 0 saturated heterocycles. The van der Waals surface area contributed by atoms with Crippen LogP contribution in [0.25, 0.3) is 0 Å². The summed E-state index contributed by atoms with van der Waals surface area (Å²) in [6.07, 6.45) is 16.8. The molecule has 0 aliphatic carbocycles. The number of nitrogens with two attached hydrogens (primary N) is 1. The highest BCUT2D eigenvalue weighted by Crippen LogP contribution is 2.23. The van der Waals surface area contributed by atoms with Crippen LogP contribution in [-0.2, 0) is 0 Å². The number of hydrogen-bond acceptors (Lipinski definition) is 1. The smallest absolute Gasteiger partial charge is 0.00773 e. The van der Waals surface area contributed by atoms with Gasteiger partial charge < -0.3 is 5.73 Å². The van der Waals surface area contributed by atoms with E-state index in [1.807, 2.05) is 0 Å². The van der Waals surface area contributed by atoms with Gasteiger partial charge >= 0.3 is 0 Å². The van der Waals surface area contributed by atoms with Gasteiger partial charge in [-0.05, 0) is 18.9 Å². The van der Waals surface area contributed by atoms with Gasteiger partial charge in [0.15, 0.2) is 0 Å². The van der Waals surface area contributed by atoms with E-state index in [0.29, 0.717) is 0 Å². The van der Waals surface area contributed by atoms with Crippen LogP contribution in [0.1, 0.15) is 90.9 Å². The first-order valence-corrected chi connectivity index (χ1v) is 8.05. The molecule has 0 heterocycles. The minimum absolute atomic E-state index is 0.871. The Bertz CT molecular complexity index is 121. The molecule has 17 heavy (non-hydrogen) atoms. The van der Waals surface area contributed by atoms with Gasteiger partial charge in [-0.2, -0.15) is 0 Å². The fourth-order valence-corrected chi connectivity index (χ4v) is 2.54. The van der Waals surface area contributed by atoms with Crippen molar-refractivity contribution in [3.05, 3.63) is 0 Å². The van der Waals surface area contributed by atoms with E-state index in [2.05, 4.69) is 13.8 Å². The third-order valence-corrected chi connectivity index (χ3v) is 3.75. The summed E-state index contributed by atoms with van der Waals surface area (Å²) in [4.78, 5) is 0. The summed E-state index contributed by atoms with van der Waals surface area (Å²) in [6.45, 7) is 5.47. The van der Waals surface area contributed by atoms with Crippen LogP contribution in [0.3, 0.4) is 0 Å². The van der Waals surface area contributed by atoms with Gasteiger partial charge in [0, 0.05) is 0 Å². The van der Waals surface area contributed by atoms with Gasteiger partial charge in [0.1, 0.15) is 0 Å². The summed E-state index contributed by atoms with van der Waals surface area (Å²) < 4.78 is 0. The monoisotopic (exact) mass is 241 g/mol. The molecule has 0 saturated carbocycles. The van der Waals surface area contributed by atoms with Crippen molar-refractivity contribution < 1.29 is 0 Å². The second-order valence-electron chi connectivity index (χ2n) is 5.50. The van der Waals surface area contributed by atoms with E-state index < -0.39 is 0 Å². The first kappa shape index (κ1) is 17.0. The van der Waals surface area contributed by atoms with Crippen molar-refractivity contribution >= 4 is 0 Å². The second-order valence-corrected chi connectivity index (χ2v) is 5.50. The highest BCUT2D eigenvalue weighted by atomic mass is 14.5. The Kier molecular flexibility index (Phi) is 14.0. The molecular formula is C16H35N. The molecule has 0 aliphatic rings. The summed E-state index contributed by atoms with van der Waals surface area (Å²) >= 11 is 0. The van der Waals surface area contributed by atoms with Crippen molar-refractivity contribution in [3.8, 4) is 0 Å². The molecule has 0 aromatic heterocycles. The molecule has 0 bridgehead atoms. The van der Waals surface area contributed by atoms with Gasteiger partial charge in [-0.3, -0.25) is 0 Å². The van der Waals surface area contributed by atoms with Gasteiger partial charge in [0.25, 0.3) is 0 Å². The molecule has 0 aliphatic heterocycles. The third kappa shape index (κ3) is 12.2. The van der Waals surface area contributed by atoms with E-state index in [9.17, 15) is 0 Å². The van der Waals surface area contributed by atoms with Crippen LogP contribution in [0.5, 0.6) is 0 Å². The fraction of sp³-hybridized carbons (Fsp3) is 1.00. The maximum Gasteiger partial charge on any atom is -0.00773 e. The Morgan fingerprint density at radius 2 is 1.18 bits per heavy atom. The van der Waals surface area contributed by atoms with Crippen LogP contribution in [0.4, 0.5) is 0 Å². The Morgan fingerprint density at radius 1 is 0.647 bits per heavy atom. The normalized spacial score (nSPS) is 12.9. The second kappa shape index (κ2) is 14.0. The molecule has 2 N–H and O–H groups in total. The molecule has 1 nitrogen and oxygen atoms in total. The fourth-order valence-electron chi connectivity index (χ4n) is 2.54. The van der Waals surface area contributed by atoms with E-state index >= 15 is 0 Å². The Morgan fingerprint density at radius 3 is 1.71 bits per heavy atom. The van der Waals surface area contributed by atoms with Crippen LogP contribution >= 0.6 is 0 Å². The van der Waals surface area contributed by atoms with Crippen LogP contribution in [0, 0.1) is 5.92 Å². The van der Waals surface area contributed by atoms with Crippen molar-refractivity contribution in [1.82, 2.24) is 0 Å². The average molecular weight is 241 g/mol. The summed E-state index contributed by atoms with van der Waals surface area (Å²) in [5, 5.41) is 0. The lowest BCUT2D eigenvalue weighted by Gasteiger charge is -2.16. The largest absolute Gasteiger partial charge is 0.330 e. The molecule has 0 fully saturated rings. The predicted molar refractivity (Wildman–Crippen MR) is 79.3 cm³/mol. The molecule has 1 unspecified atom stereocenters. The zero-order valence-electron chi connectivity index (χ0n) is 12.3. The molecule has 1 heteroatoms. The van der Waals surface area contributed by atoms with Crippen molar-refractivity contribution in [2.24, 2.45) is 11.7 Å². The van der Waals surface area contributed by atoms with Gasteiger partial charge in [-0.15, -0.1) is 0 Å². The molecular weight excluding hydrogens is 206 g/mol. The first-order valence-electron chi connectivity index (χ1n) is 8.05. The molecule has 0 amide bonds. The Labute approximate surface area is 110 Å². The van der Waals surface area contributed by atoms with Crippen LogP contribution in [0.2, 0.25) is 0 Å². The molecule has 0 aromatic carbocycles. The van der Waals surface area contributed by atoms with Gasteiger partial charge in [0.05, 0.1) is 0 Å². The number of unbranched alkanes of at least 4 members (excludes halogenated alkanes) is 6. The topological polar surface area (TPSA) is 26.0 Å². The number of hydrogen-bond donors (Lipinski definition) is 1. The van der Waals surface area contributed by atoms with E-state index in [4.69, 9.17) is 5.73 Å². The van der Waals surface area contributed by atoms with Gasteiger partial charge in [0.2, 0.25) is 0 Å². The number of rotatable bonds is 13. The maximum absolute atomic E-state index is 5.54. The van der Waals surface area contributed by atoms with E-state index in [1.165, 1.54) is 77.0 Å². The summed E-state index contributed by atoms with van der Waals surface area (Å²) in [7, 11) is 0. The molecule has 0 spiro atoms. The third-order valence-electron chi connectivity index (χ3n) is 3.75. The zero-order chi connectivity index (χ0) is 12.8. The van der Waals surface area contributed by atoms with E-state index in [-0.39, 0.29) is 0 Å². The van der Waals surface area contributed by atoms with Crippen molar-refractivity contribution in [2.45, 2.75) is 90.9 Å². The van der Waals surface area contributed by atoms with Gasteiger partial charge in [-0.25, -0.2) is 0 Å². The quantitative estimate of drug-likeness (QED) is 0.436. The van der Waals surface area contributed by atoms with Crippen LogP contribution in [-0.4, -0.2) is 6.54 Å². The highest BCUT2D eigenvalue weighted by molar-refractivity contribution is 4.61. The lowest BCUT2D eigenvalue weighted by atomic mass is 9.90. The summed E-state index contributed by atoms with van der Waals surface area (Å²) in [6, 6.07) is 0. The van der Waals surface area contributed by atoms with Crippen molar-refractivity contribution in [3.63, 3.8) is 0 Å². The zero-order valence-corrected chi connectivity index (χ0v) is 12.3. The van der Waals surface area contributed by atoms with E-state index in [1.54, 1.807) is 0 Å². The Balaban J connectivity index is 3.56. The van der Waals surface area contributed by atoms with Crippen LogP contribution in [0.15, 0.2) is 0 Å². The predicted octanol–water partition coefficient (Wildman–Crippen LogP) is 5.28. The molecule has 0 aromatic rings. The SMILES string of the molecule is CCCCCCC(CCCC)CCCCCN. The Hall–Kier alpha value is -0.0400. The van der Waals surface area contributed by atoms with Gasteiger partial charge in [-0.1, -0.05) is 84.5 Å². The molecule has 0 radical (unpaired) electrons. The lowest BCUT2D eigenvalue weighted by Crippen LogP contribution is -2.03. The van der Waals surface area contributed by atoms with Crippen molar-refractivity contribution in [2.75, 3.05) is 6.54 Å². The standard InChI is InChI=1S/C16H35N/c1-3-5-7-9-13-16(12-6-4-2)14-10-8-11-15-17/h16H,3-15,17H2,1-2H3. The van der Waals surface area contributed by atoms with E-state index in [0.717, 1.165) is 12.5 Å².